The van der Waals surface area contributed by atoms with E-state index < -0.39 is 5.95 Å². The zero-order chi connectivity index (χ0) is 18.3. The average Bonchev–Trinajstić information content (AvgIpc) is 2.60. The van der Waals surface area contributed by atoms with Crippen molar-refractivity contribution in [3.8, 4) is 11.8 Å². The van der Waals surface area contributed by atoms with Crippen molar-refractivity contribution in [1.82, 2.24) is 14.5 Å². The average molecular weight is 347 g/mol. The molecule has 0 saturated heterocycles. The van der Waals surface area contributed by atoms with E-state index in [1.807, 2.05) is 6.07 Å². The third-order valence-electron chi connectivity index (χ3n) is 4.72. The Hall–Kier alpha value is -3.00. The molecule has 3 aromatic rings. The summed E-state index contributed by atoms with van der Waals surface area (Å²) in [5.41, 5.74) is 2.07. The van der Waals surface area contributed by atoms with Gasteiger partial charge in [0.25, 0.3) is 5.56 Å². The van der Waals surface area contributed by atoms with Crippen molar-refractivity contribution in [1.29, 1.82) is 0 Å². The van der Waals surface area contributed by atoms with E-state index >= 15 is 0 Å². The van der Waals surface area contributed by atoms with Gasteiger partial charge in [-0.05, 0) is 36.1 Å². The van der Waals surface area contributed by atoms with Gasteiger partial charge in [-0.1, -0.05) is 25.7 Å². The topological polar surface area (TPSA) is 47.8 Å². The molecule has 0 bridgehead atoms. The van der Waals surface area contributed by atoms with E-state index in [0.29, 0.717) is 23.0 Å². The normalized spacial score (nSPS) is 15.2. The SMILES string of the molecule is CC1(C)CCc2nc3cc(C#Cc4ccnc(F)c4)ccc3c(=O)n2C1. The Bertz CT molecular complexity index is 1140. The summed E-state index contributed by atoms with van der Waals surface area (Å²) >= 11 is 0. The van der Waals surface area contributed by atoms with E-state index in [4.69, 9.17) is 4.98 Å². The summed E-state index contributed by atoms with van der Waals surface area (Å²) in [6.07, 6.45) is 3.19. The van der Waals surface area contributed by atoms with Crippen LogP contribution in [-0.2, 0) is 13.0 Å². The van der Waals surface area contributed by atoms with Crippen LogP contribution in [-0.4, -0.2) is 14.5 Å². The number of benzene rings is 1. The molecule has 0 aliphatic carbocycles. The Morgan fingerprint density at radius 1 is 1.15 bits per heavy atom. The van der Waals surface area contributed by atoms with Crippen LogP contribution in [0.2, 0.25) is 0 Å². The Labute approximate surface area is 150 Å². The number of halogens is 1. The number of fused-ring (bicyclic) bond motifs is 2. The van der Waals surface area contributed by atoms with Gasteiger partial charge in [0.05, 0.1) is 10.9 Å². The summed E-state index contributed by atoms with van der Waals surface area (Å²) in [5.74, 6) is 6.19. The fourth-order valence-corrected chi connectivity index (χ4v) is 3.28. The van der Waals surface area contributed by atoms with Crippen LogP contribution in [0.1, 0.15) is 37.2 Å². The van der Waals surface area contributed by atoms with E-state index in [0.717, 1.165) is 24.2 Å². The number of aryl methyl sites for hydroxylation is 1. The fraction of sp³-hybridized carbons (Fsp3) is 0.286. The molecule has 5 heteroatoms. The number of nitrogens with zero attached hydrogens (tertiary/aromatic N) is 3. The van der Waals surface area contributed by atoms with Crippen LogP contribution >= 0.6 is 0 Å². The van der Waals surface area contributed by atoms with Gasteiger partial charge in [-0.3, -0.25) is 9.36 Å². The van der Waals surface area contributed by atoms with Crippen molar-refractivity contribution in [2.75, 3.05) is 0 Å². The highest BCUT2D eigenvalue weighted by Crippen LogP contribution is 2.29. The lowest BCUT2D eigenvalue weighted by atomic mass is 9.85. The van der Waals surface area contributed by atoms with E-state index in [1.165, 1.54) is 12.3 Å². The van der Waals surface area contributed by atoms with Crippen molar-refractivity contribution < 1.29 is 4.39 Å². The maximum absolute atomic E-state index is 13.1. The molecule has 1 aromatic carbocycles. The van der Waals surface area contributed by atoms with Crippen LogP contribution in [0.5, 0.6) is 0 Å². The lowest BCUT2D eigenvalue weighted by molar-refractivity contribution is 0.240. The second-order valence-electron chi connectivity index (χ2n) is 7.43. The van der Waals surface area contributed by atoms with Gasteiger partial charge in [0, 0.05) is 36.4 Å². The Kier molecular flexibility index (Phi) is 3.84. The minimum atomic E-state index is -0.556. The highest BCUT2D eigenvalue weighted by atomic mass is 19.1. The van der Waals surface area contributed by atoms with Crippen molar-refractivity contribution in [2.24, 2.45) is 5.41 Å². The molecule has 0 spiro atoms. The van der Waals surface area contributed by atoms with Gasteiger partial charge in [-0.15, -0.1) is 0 Å². The largest absolute Gasteiger partial charge is 0.296 e. The summed E-state index contributed by atoms with van der Waals surface area (Å²) in [7, 11) is 0. The first-order valence-corrected chi connectivity index (χ1v) is 8.58. The van der Waals surface area contributed by atoms with E-state index in [9.17, 15) is 9.18 Å². The third-order valence-corrected chi connectivity index (χ3v) is 4.72. The summed E-state index contributed by atoms with van der Waals surface area (Å²) in [5, 5.41) is 0.604. The monoisotopic (exact) mass is 347 g/mol. The fourth-order valence-electron chi connectivity index (χ4n) is 3.28. The molecule has 1 aliphatic rings. The Morgan fingerprint density at radius 3 is 2.69 bits per heavy atom. The summed E-state index contributed by atoms with van der Waals surface area (Å²) in [6, 6.07) is 8.34. The molecule has 130 valence electrons. The minimum Gasteiger partial charge on any atom is -0.296 e. The molecular formula is C21H18FN3O. The van der Waals surface area contributed by atoms with Crippen LogP contribution in [0.15, 0.2) is 41.3 Å². The molecule has 0 fully saturated rings. The first-order valence-electron chi connectivity index (χ1n) is 8.58. The van der Waals surface area contributed by atoms with Gasteiger partial charge in [0.15, 0.2) is 0 Å². The van der Waals surface area contributed by atoms with Crippen LogP contribution in [0.25, 0.3) is 10.9 Å². The van der Waals surface area contributed by atoms with Gasteiger partial charge in [-0.2, -0.15) is 4.39 Å². The first kappa shape index (κ1) is 16.5. The number of pyridine rings is 1. The van der Waals surface area contributed by atoms with Crippen LogP contribution in [0, 0.1) is 23.2 Å². The van der Waals surface area contributed by atoms with Gasteiger partial charge in [0.2, 0.25) is 5.95 Å². The molecule has 0 saturated carbocycles. The molecule has 4 rings (SSSR count). The van der Waals surface area contributed by atoms with E-state index in [-0.39, 0.29) is 11.0 Å². The van der Waals surface area contributed by atoms with Crippen LogP contribution < -0.4 is 5.56 Å². The number of hydrogen-bond acceptors (Lipinski definition) is 3. The molecule has 3 heterocycles. The highest BCUT2D eigenvalue weighted by molar-refractivity contribution is 5.79. The maximum Gasteiger partial charge on any atom is 0.261 e. The zero-order valence-corrected chi connectivity index (χ0v) is 14.7. The zero-order valence-electron chi connectivity index (χ0n) is 14.7. The van der Waals surface area contributed by atoms with Gasteiger partial charge < -0.3 is 0 Å². The molecule has 0 radical (unpaired) electrons. The van der Waals surface area contributed by atoms with Gasteiger partial charge in [0.1, 0.15) is 5.82 Å². The lowest BCUT2D eigenvalue weighted by Crippen LogP contribution is -2.36. The Morgan fingerprint density at radius 2 is 1.92 bits per heavy atom. The molecule has 26 heavy (non-hydrogen) atoms. The van der Waals surface area contributed by atoms with Gasteiger partial charge >= 0.3 is 0 Å². The quantitative estimate of drug-likeness (QED) is 0.463. The molecule has 0 unspecified atom stereocenters. The predicted molar refractivity (Wildman–Crippen MR) is 98.3 cm³/mol. The minimum absolute atomic E-state index is 0.00786. The summed E-state index contributed by atoms with van der Waals surface area (Å²) < 4.78 is 14.9. The van der Waals surface area contributed by atoms with Crippen molar-refractivity contribution in [3.63, 3.8) is 0 Å². The maximum atomic E-state index is 13.1. The smallest absolute Gasteiger partial charge is 0.261 e. The number of rotatable bonds is 0. The van der Waals surface area contributed by atoms with Crippen LogP contribution in [0.3, 0.4) is 0 Å². The molecule has 0 amide bonds. The molecule has 0 atom stereocenters. The predicted octanol–water partition coefficient (Wildman–Crippen LogP) is 3.30. The molecule has 0 N–H and O–H groups in total. The second kappa shape index (κ2) is 6.06. The van der Waals surface area contributed by atoms with E-state index in [2.05, 4.69) is 30.7 Å². The third kappa shape index (κ3) is 3.11. The second-order valence-corrected chi connectivity index (χ2v) is 7.43. The Balaban J connectivity index is 1.76. The summed E-state index contributed by atoms with van der Waals surface area (Å²) in [4.78, 5) is 21.0. The highest BCUT2D eigenvalue weighted by Gasteiger charge is 2.27. The number of aromatic nitrogens is 3. The van der Waals surface area contributed by atoms with Crippen LogP contribution in [0.4, 0.5) is 4.39 Å². The van der Waals surface area contributed by atoms with Crippen molar-refractivity contribution in [3.05, 3.63) is 69.8 Å². The van der Waals surface area contributed by atoms with Crippen molar-refractivity contribution >= 4 is 10.9 Å². The number of hydrogen-bond donors (Lipinski definition) is 0. The first-order chi connectivity index (χ1) is 12.4. The standard InChI is InChI=1S/C21H18FN3O/c1-21(2)9-7-19-24-17-11-14(3-4-15-8-10-23-18(22)12-15)5-6-16(17)20(26)25(19)13-21/h5-6,8,10-12H,7,9,13H2,1-2H3. The van der Waals surface area contributed by atoms with Crippen molar-refractivity contribution in [2.45, 2.75) is 33.2 Å². The molecule has 2 aromatic heterocycles. The van der Waals surface area contributed by atoms with E-state index in [1.54, 1.807) is 22.8 Å². The van der Waals surface area contributed by atoms with Gasteiger partial charge in [-0.25, -0.2) is 9.97 Å². The lowest BCUT2D eigenvalue weighted by Gasteiger charge is -2.31. The molecule has 4 nitrogen and oxygen atoms in total. The molecule has 1 aliphatic heterocycles. The molecular weight excluding hydrogens is 329 g/mol. The summed E-state index contributed by atoms with van der Waals surface area (Å²) in [6.45, 7) is 5.04.